The maximum absolute atomic E-state index is 12.4. The SMILES string of the molecule is COc1ccc(NCc2cc3ccc(C)c(C)c3[nH]c2=O)c(OC)c1. The number of methoxy groups -OCH3 is 2. The molecule has 130 valence electrons. The molecular formula is C20H22N2O3. The molecule has 3 aromatic rings. The van der Waals surface area contributed by atoms with E-state index in [2.05, 4.69) is 16.4 Å². The molecule has 5 heteroatoms. The Kier molecular flexibility index (Phi) is 4.65. The molecule has 0 aliphatic heterocycles. The van der Waals surface area contributed by atoms with Gasteiger partial charge in [0.15, 0.2) is 0 Å². The van der Waals surface area contributed by atoms with E-state index in [-0.39, 0.29) is 5.56 Å². The summed E-state index contributed by atoms with van der Waals surface area (Å²) in [6.07, 6.45) is 0. The zero-order chi connectivity index (χ0) is 18.0. The van der Waals surface area contributed by atoms with Crippen LogP contribution < -0.4 is 20.3 Å². The van der Waals surface area contributed by atoms with Crippen LogP contribution >= 0.6 is 0 Å². The molecule has 3 rings (SSSR count). The second kappa shape index (κ2) is 6.89. The molecule has 0 aliphatic carbocycles. The summed E-state index contributed by atoms with van der Waals surface area (Å²) < 4.78 is 10.6. The number of hydrogen-bond acceptors (Lipinski definition) is 4. The van der Waals surface area contributed by atoms with Crippen molar-refractivity contribution in [2.45, 2.75) is 20.4 Å². The number of pyridine rings is 1. The van der Waals surface area contributed by atoms with Crippen LogP contribution in [-0.2, 0) is 6.54 Å². The lowest BCUT2D eigenvalue weighted by Gasteiger charge is -2.13. The summed E-state index contributed by atoms with van der Waals surface area (Å²) in [6.45, 7) is 4.47. The molecule has 1 heterocycles. The summed E-state index contributed by atoms with van der Waals surface area (Å²) in [4.78, 5) is 15.4. The number of H-pyrrole nitrogens is 1. The molecule has 2 aromatic carbocycles. The van der Waals surface area contributed by atoms with Crippen molar-refractivity contribution in [1.29, 1.82) is 0 Å². The van der Waals surface area contributed by atoms with Crippen LogP contribution in [0.25, 0.3) is 10.9 Å². The van der Waals surface area contributed by atoms with Crippen LogP contribution in [-0.4, -0.2) is 19.2 Å². The van der Waals surface area contributed by atoms with Crippen molar-refractivity contribution in [3.63, 3.8) is 0 Å². The Morgan fingerprint density at radius 3 is 2.56 bits per heavy atom. The maximum Gasteiger partial charge on any atom is 0.253 e. The number of ether oxygens (including phenoxy) is 2. The van der Waals surface area contributed by atoms with Gasteiger partial charge in [-0.1, -0.05) is 12.1 Å². The highest BCUT2D eigenvalue weighted by atomic mass is 16.5. The molecule has 0 saturated heterocycles. The highest BCUT2D eigenvalue weighted by molar-refractivity contribution is 5.83. The van der Waals surface area contributed by atoms with Crippen molar-refractivity contribution in [3.8, 4) is 11.5 Å². The molecule has 25 heavy (non-hydrogen) atoms. The lowest BCUT2D eigenvalue weighted by molar-refractivity contribution is 0.395. The first-order chi connectivity index (χ1) is 12.0. The van der Waals surface area contributed by atoms with Gasteiger partial charge in [-0.2, -0.15) is 0 Å². The maximum atomic E-state index is 12.4. The number of aromatic nitrogens is 1. The van der Waals surface area contributed by atoms with Gasteiger partial charge in [0.1, 0.15) is 11.5 Å². The van der Waals surface area contributed by atoms with E-state index in [1.807, 2.05) is 38.1 Å². The van der Waals surface area contributed by atoms with Crippen LogP contribution in [0.2, 0.25) is 0 Å². The minimum Gasteiger partial charge on any atom is -0.497 e. The predicted octanol–water partition coefficient (Wildman–Crippen LogP) is 3.77. The van der Waals surface area contributed by atoms with E-state index in [9.17, 15) is 4.79 Å². The molecule has 0 bridgehead atoms. The minimum absolute atomic E-state index is 0.0822. The summed E-state index contributed by atoms with van der Waals surface area (Å²) >= 11 is 0. The topological polar surface area (TPSA) is 63.3 Å². The van der Waals surface area contributed by atoms with Crippen molar-refractivity contribution >= 4 is 16.6 Å². The standard InChI is InChI=1S/C20H22N2O3/c1-12-5-6-14-9-15(20(23)22-19(14)13(12)2)11-21-17-8-7-16(24-3)10-18(17)25-4/h5-10,21H,11H2,1-4H3,(H,22,23). The van der Waals surface area contributed by atoms with Crippen LogP contribution in [0.5, 0.6) is 11.5 Å². The molecule has 5 nitrogen and oxygen atoms in total. The Hall–Kier alpha value is -2.95. The average Bonchev–Trinajstić information content (AvgIpc) is 2.63. The van der Waals surface area contributed by atoms with Gasteiger partial charge in [-0.25, -0.2) is 0 Å². The Morgan fingerprint density at radius 2 is 1.84 bits per heavy atom. The quantitative estimate of drug-likeness (QED) is 0.743. The van der Waals surface area contributed by atoms with Crippen LogP contribution in [0.4, 0.5) is 5.69 Å². The first kappa shape index (κ1) is 16.9. The summed E-state index contributed by atoms with van der Waals surface area (Å²) in [5.74, 6) is 1.39. The Balaban J connectivity index is 1.90. The van der Waals surface area contributed by atoms with Gasteiger partial charge in [-0.3, -0.25) is 4.79 Å². The molecule has 0 unspecified atom stereocenters. The lowest BCUT2D eigenvalue weighted by Crippen LogP contribution is -2.16. The van der Waals surface area contributed by atoms with Gasteiger partial charge in [-0.05, 0) is 48.6 Å². The number of anilines is 1. The number of rotatable bonds is 5. The minimum atomic E-state index is -0.0822. The van der Waals surface area contributed by atoms with Gasteiger partial charge in [0.25, 0.3) is 5.56 Å². The van der Waals surface area contributed by atoms with Crippen LogP contribution in [0, 0.1) is 13.8 Å². The molecule has 0 atom stereocenters. The van der Waals surface area contributed by atoms with Crippen molar-refractivity contribution < 1.29 is 9.47 Å². The monoisotopic (exact) mass is 338 g/mol. The molecule has 0 fully saturated rings. The zero-order valence-electron chi connectivity index (χ0n) is 14.9. The van der Waals surface area contributed by atoms with Crippen molar-refractivity contribution in [2.24, 2.45) is 0 Å². The molecular weight excluding hydrogens is 316 g/mol. The number of aryl methyl sites for hydroxylation is 2. The predicted molar refractivity (Wildman–Crippen MR) is 101 cm³/mol. The normalized spacial score (nSPS) is 10.7. The summed E-state index contributed by atoms with van der Waals surface area (Å²) in [5, 5.41) is 4.29. The zero-order valence-corrected chi connectivity index (χ0v) is 14.9. The largest absolute Gasteiger partial charge is 0.497 e. The Bertz CT molecular complexity index is 977. The van der Waals surface area contributed by atoms with E-state index in [4.69, 9.17) is 9.47 Å². The average molecular weight is 338 g/mol. The highest BCUT2D eigenvalue weighted by Crippen LogP contribution is 2.29. The molecule has 2 N–H and O–H groups in total. The number of aromatic amines is 1. The Labute approximate surface area is 146 Å². The highest BCUT2D eigenvalue weighted by Gasteiger charge is 2.09. The van der Waals surface area contributed by atoms with E-state index in [1.165, 1.54) is 0 Å². The first-order valence-electron chi connectivity index (χ1n) is 8.11. The van der Waals surface area contributed by atoms with Crippen LogP contribution in [0.3, 0.4) is 0 Å². The molecule has 0 radical (unpaired) electrons. The van der Waals surface area contributed by atoms with Crippen molar-refractivity contribution in [3.05, 3.63) is 63.4 Å². The third kappa shape index (κ3) is 3.31. The summed E-state index contributed by atoms with van der Waals surface area (Å²) in [6, 6.07) is 11.6. The number of benzene rings is 2. The molecule has 1 aromatic heterocycles. The van der Waals surface area contributed by atoms with Crippen LogP contribution in [0.15, 0.2) is 41.2 Å². The second-order valence-electron chi connectivity index (χ2n) is 6.02. The van der Waals surface area contributed by atoms with Crippen molar-refractivity contribution in [2.75, 3.05) is 19.5 Å². The molecule has 0 saturated carbocycles. The molecule has 0 amide bonds. The summed E-state index contributed by atoms with van der Waals surface area (Å²) in [5.41, 5.74) is 4.57. The first-order valence-corrected chi connectivity index (χ1v) is 8.11. The van der Waals surface area contributed by atoms with Gasteiger partial charge in [0.05, 0.1) is 25.4 Å². The van der Waals surface area contributed by atoms with Crippen LogP contribution in [0.1, 0.15) is 16.7 Å². The van der Waals surface area contributed by atoms with E-state index in [0.29, 0.717) is 17.9 Å². The molecule has 0 aliphatic rings. The number of nitrogens with one attached hydrogen (secondary N) is 2. The summed E-state index contributed by atoms with van der Waals surface area (Å²) in [7, 11) is 3.22. The lowest BCUT2D eigenvalue weighted by atomic mass is 10.0. The van der Waals surface area contributed by atoms with E-state index >= 15 is 0 Å². The van der Waals surface area contributed by atoms with E-state index in [1.54, 1.807) is 20.3 Å². The van der Waals surface area contributed by atoms with Gasteiger partial charge in [-0.15, -0.1) is 0 Å². The van der Waals surface area contributed by atoms with Gasteiger partial charge in [0, 0.05) is 18.2 Å². The number of fused-ring (bicyclic) bond motifs is 1. The van der Waals surface area contributed by atoms with E-state index < -0.39 is 0 Å². The fraction of sp³-hybridized carbons (Fsp3) is 0.250. The van der Waals surface area contributed by atoms with Gasteiger partial charge >= 0.3 is 0 Å². The van der Waals surface area contributed by atoms with Gasteiger partial charge < -0.3 is 19.8 Å². The fourth-order valence-electron chi connectivity index (χ4n) is 2.84. The second-order valence-corrected chi connectivity index (χ2v) is 6.02. The fourth-order valence-corrected chi connectivity index (χ4v) is 2.84. The van der Waals surface area contributed by atoms with Crippen molar-refractivity contribution in [1.82, 2.24) is 4.98 Å². The third-order valence-electron chi connectivity index (χ3n) is 4.51. The number of hydrogen-bond donors (Lipinski definition) is 2. The van der Waals surface area contributed by atoms with E-state index in [0.717, 1.165) is 33.5 Å². The third-order valence-corrected chi connectivity index (χ3v) is 4.51. The Morgan fingerprint density at radius 1 is 1.04 bits per heavy atom. The smallest absolute Gasteiger partial charge is 0.253 e. The molecule has 0 spiro atoms. The van der Waals surface area contributed by atoms with Gasteiger partial charge in [0.2, 0.25) is 0 Å².